The van der Waals surface area contributed by atoms with Crippen LogP contribution in [-0.2, 0) is 9.59 Å². The van der Waals surface area contributed by atoms with E-state index in [9.17, 15) is 9.59 Å². The second kappa shape index (κ2) is 8.19. The van der Waals surface area contributed by atoms with Gasteiger partial charge in [-0.3, -0.25) is 9.59 Å². The Labute approximate surface area is 155 Å². The molecule has 0 saturated carbocycles. The molecule has 3 rings (SSSR count). The van der Waals surface area contributed by atoms with E-state index >= 15 is 0 Å². The Morgan fingerprint density at radius 1 is 1.20 bits per heavy atom. The van der Waals surface area contributed by atoms with Crippen molar-refractivity contribution in [1.29, 1.82) is 0 Å². The summed E-state index contributed by atoms with van der Waals surface area (Å²) < 4.78 is 0. The van der Waals surface area contributed by atoms with E-state index in [1.54, 1.807) is 4.90 Å². The van der Waals surface area contributed by atoms with E-state index in [2.05, 4.69) is 0 Å². The molecule has 2 atom stereocenters. The van der Waals surface area contributed by atoms with Crippen LogP contribution in [0.2, 0.25) is 0 Å². The lowest BCUT2D eigenvalue weighted by molar-refractivity contribution is -0.137. The fourth-order valence-corrected chi connectivity index (χ4v) is 3.75. The highest BCUT2D eigenvalue weighted by Crippen LogP contribution is 2.28. The Morgan fingerprint density at radius 2 is 1.80 bits per heavy atom. The largest absolute Gasteiger partial charge is 0.342 e. The van der Waals surface area contributed by atoms with Gasteiger partial charge in [-0.1, -0.05) is 17.7 Å². The molecule has 1 aromatic carbocycles. The van der Waals surface area contributed by atoms with E-state index in [1.165, 1.54) is 0 Å². The summed E-state index contributed by atoms with van der Waals surface area (Å²) >= 11 is 0. The minimum atomic E-state index is -0.217. The Balaban J connectivity index is 0.00000225. The molecule has 2 heterocycles. The molecule has 0 aliphatic carbocycles. The highest BCUT2D eigenvalue weighted by Gasteiger charge is 2.38. The quantitative estimate of drug-likeness (QED) is 0.894. The van der Waals surface area contributed by atoms with Gasteiger partial charge in [-0.25, -0.2) is 0 Å². The first-order valence-corrected chi connectivity index (χ1v) is 8.87. The van der Waals surface area contributed by atoms with Gasteiger partial charge in [0.2, 0.25) is 11.8 Å². The number of benzene rings is 1. The molecular weight excluding hydrogens is 338 g/mol. The number of carbonyl (C=O) groups excluding carboxylic acids is 2. The molecule has 0 spiro atoms. The van der Waals surface area contributed by atoms with Crippen LogP contribution in [-0.4, -0.2) is 42.4 Å². The summed E-state index contributed by atoms with van der Waals surface area (Å²) in [7, 11) is 0. The summed E-state index contributed by atoms with van der Waals surface area (Å²) in [4.78, 5) is 28.8. The molecule has 25 heavy (non-hydrogen) atoms. The number of halogens is 1. The second-order valence-electron chi connectivity index (χ2n) is 7.26. The molecule has 2 aliphatic heterocycles. The van der Waals surface area contributed by atoms with Gasteiger partial charge in [-0.05, 0) is 44.7 Å². The van der Waals surface area contributed by atoms with Gasteiger partial charge in [0.15, 0.2) is 0 Å². The van der Waals surface area contributed by atoms with Gasteiger partial charge in [-0.2, -0.15) is 0 Å². The van der Waals surface area contributed by atoms with Crippen molar-refractivity contribution < 1.29 is 9.59 Å². The van der Waals surface area contributed by atoms with E-state index < -0.39 is 0 Å². The average molecular weight is 366 g/mol. The predicted molar refractivity (Wildman–Crippen MR) is 102 cm³/mol. The van der Waals surface area contributed by atoms with Crippen molar-refractivity contribution in [1.82, 2.24) is 4.90 Å². The number of carbonyl (C=O) groups is 2. The molecule has 2 N–H and O–H groups in total. The third kappa shape index (κ3) is 4.33. The predicted octanol–water partition coefficient (Wildman–Crippen LogP) is 2.36. The Kier molecular flexibility index (Phi) is 6.47. The summed E-state index contributed by atoms with van der Waals surface area (Å²) in [6.07, 6.45) is 2.25. The maximum absolute atomic E-state index is 12.8. The van der Waals surface area contributed by atoms with Crippen LogP contribution in [0.4, 0.5) is 5.69 Å². The number of anilines is 1. The van der Waals surface area contributed by atoms with Crippen LogP contribution in [0.25, 0.3) is 0 Å². The summed E-state index contributed by atoms with van der Waals surface area (Å²) in [5.41, 5.74) is 8.02. The van der Waals surface area contributed by atoms with E-state index in [0.29, 0.717) is 18.9 Å². The minimum Gasteiger partial charge on any atom is -0.342 e. The third-order valence-electron chi connectivity index (χ3n) is 5.41. The van der Waals surface area contributed by atoms with Gasteiger partial charge in [-0.15, -0.1) is 12.4 Å². The monoisotopic (exact) mass is 365 g/mol. The number of hydrogen-bond donors (Lipinski definition) is 1. The Hall–Kier alpha value is -1.59. The first-order chi connectivity index (χ1) is 11.5. The third-order valence-corrected chi connectivity index (χ3v) is 5.41. The number of aryl methyl sites for hydroxylation is 1. The van der Waals surface area contributed by atoms with Crippen LogP contribution in [0, 0.1) is 18.8 Å². The molecule has 138 valence electrons. The number of likely N-dealkylation sites (tertiary alicyclic amines) is 1. The zero-order valence-corrected chi connectivity index (χ0v) is 15.8. The van der Waals surface area contributed by atoms with E-state index in [1.807, 2.05) is 43.0 Å². The lowest BCUT2D eigenvalue weighted by Crippen LogP contribution is -2.45. The van der Waals surface area contributed by atoms with Crippen molar-refractivity contribution in [3.05, 3.63) is 29.8 Å². The molecular formula is C19H28ClN3O2. The number of rotatable bonds is 3. The molecule has 0 radical (unpaired) electrons. The van der Waals surface area contributed by atoms with Crippen molar-refractivity contribution in [2.75, 3.05) is 24.5 Å². The molecule has 2 aliphatic rings. The minimum absolute atomic E-state index is 0. The topological polar surface area (TPSA) is 66.6 Å². The summed E-state index contributed by atoms with van der Waals surface area (Å²) in [6, 6.07) is 8.09. The number of nitrogens with zero attached hydrogens (tertiary/aromatic N) is 2. The van der Waals surface area contributed by atoms with E-state index in [-0.39, 0.29) is 36.2 Å². The molecule has 2 saturated heterocycles. The summed E-state index contributed by atoms with van der Waals surface area (Å²) in [5.74, 6) is 0.456. The summed E-state index contributed by atoms with van der Waals surface area (Å²) in [5, 5.41) is 0. The molecule has 0 bridgehead atoms. The van der Waals surface area contributed by atoms with Crippen LogP contribution >= 0.6 is 12.4 Å². The van der Waals surface area contributed by atoms with Crippen molar-refractivity contribution in [2.45, 2.75) is 39.2 Å². The van der Waals surface area contributed by atoms with Crippen LogP contribution in [0.5, 0.6) is 0 Å². The highest BCUT2D eigenvalue weighted by atomic mass is 35.5. The number of nitrogens with two attached hydrogens (primary N) is 1. The average Bonchev–Trinajstić information content (AvgIpc) is 2.97. The van der Waals surface area contributed by atoms with Crippen LogP contribution in [0.3, 0.4) is 0 Å². The maximum atomic E-state index is 12.8. The van der Waals surface area contributed by atoms with Gasteiger partial charge in [0.25, 0.3) is 0 Å². The summed E-state index contributed by atoms with van der Waals surface area (Å²) in [6.45, 7) is 6.08. The van der Waals surface area contributed by atoms with Crippen LogP contribution in [0.1, 0.15) is 31.7 Å². The van der Waals surface area contributed by atoms with E-state index in [0.717, 1.165) is 37.2 Å². The zero-order chi connectivity index (χ0) is 17.3. The zero-order valence-electron chi connectivity index (χ0n) is 15.0. The van der Waals surface area contributed by atoms with Crippen molar-refractivity contribution in [3.63, 3.8) is 0 Å². The van der Waals surface area contributed by atoms with Gasteiger partial charge >= 0.3 is 0 Å². The van der Waals surface area contributed by atoms with Gasteiger partial charge in [0.1, 0.15) is 0 Å². The normalized spacial score (nSPS) is 22.7. The highest BCUT2D eigenvalue weighted by molar-refractivity contribution is 6.00. The van der Waals surface area contributed by atoms with Crippen molar-refractivity contribution in [3.8, 4) is 0 Å². The fraction of sp³-hybridized carbons (Fsp3) is 0.579. The number of piperidine rings is 1. The molecule has 1 aromatic rings. The standard InChI is InChI=1S/C19H27N3O2.ClH/c1-13-3-5-17(6-4-13)22-12-16(11-18(22)23)19(24)21-9-7-15(8-10-21)14(2)20;/h3-6,14-16H,7-12,20H2,1-2H3;1H. The Morgan fingerprint density at radius 3 is 2.36 bits per heavy atom. The fourth-order valence-electron chi connectivity index (χ4n) is 3.75. The molecule has 2 fully saturated rings. The van der Waals surface area contributed by atoms with Crippen LogP contribution in [0.15, 0.2) is 24.3 Å². The first-order valence-electron chi connectivity index (χ1n) is 8.87. The molecule has 5 nitrogen and oxygen atoms in total. The molecule has 2 amide bonds. The Bertz CT molecular complexity index is 610. The van der Waals surface area contributed by atoms with Gasteiger partial charge in [0, 0.05) is 37.8 Å². The van der Waals surface area contributed by atoms with Crippen molar-refractivity contribution >= 4 is 29.9 Å². The lowest BCUT2D eigenvalue weighted by Gasteiger charge is -2.35. The first kappa shape index (κ1) is 19.7. The second-order valence-corrected chi connectivity index (χ2v) is 7.26. The molecule has 6 heteroatoms. The van der Waals surface area contributed by atoms with Gasteiger partial charge < -0.3 is 15.5 Å². The van der Waals surface area contributed by atoms with Gasteiger partial charge in [0.05, 0.1) is 5.92 Å². The maximum Gasteiger partial charge on any atom is 0.228 e. The van der Waals surface area contributed by atoms with E-state index in [4.69, 9.17) is 5.73 Å². The molecule has 0 aromatic heterocycles. The lowest BCUT2D eigenvalue weighted by atomic mass is 9.90. The number of hydrogen-bond acceptors (Lipinski definition) is 3. The van der Waals surface area contributed by atoms with Crippen molar-refractivity contribution in [2.24, 2.45) is 17.6 Å². The molecule has 2 unspecified atom stereocenters. The van der Waals surface area contributed by atoms with Crippen LogP contribution < -0.4 is 10.6 Å². The smallest absolute Gasteiger partial charge is 0.228 e. The SMILES string of the molecule is Cc1ccc(N2CC(C(=O)N3CCC(C(C)N)CC3)CC2=O)cc1.Cl. The number of amides is 2.